The maximum Gasteiger partial charge on any atom is 0.312 e. The van der Waals surface area contributed by atoms with Crippen LogP contribution in [0.15, 0.2) is 24.3 Å². The Balaban J connectivity index is 1.70. The first-order valence-corrected chi connectivity index (χ1v) is 22.1. The maximum absolute atomic E-state index is 13.6. The Hall–Kier alpha value is -5.37. The van der Waals surface area contributed by atoms with E-state index in [0.717, 1.165) is 32.1 Å². The zero-order chi connectivity index (χ0) is 47.7. The van der Waals surface area contributed by atoms with E-state index in [4.69, 9.17) is 29.4 Å². The quantitative estimate of drug-likeness (QED) is 0.0336. The molecule has 21 nitrogen and oxygen atoms in total. The molecule has 21 heteroatoms. The highest BCUT2D eigenvalue weighted by molar-refractivity contribution is 5.99. The predicted octanol–water partition coefficient (Wildman–Crippen LogP) is 0.467. The first-order valence-electron chi connectivity index (χ1n) is 22.1. The smallest absolute Gasteiger partial charge is 0.312 e. The number of hydrogen-bond donors (Lipinski definition) is 9. The molecule has 4 atom stereocenters. The topological polar surface area (TPSA) is 304 Å². The second kappa shape index (κ2) is 34.0. The minimum Gasteiger partial charge on any atom is -0.481 e. The first-order chi connectivity index (χ1) is 31.3. The number of hydrogen-bond acceptors (Lipinski definition) is 13. The van der Waals surface area contributed by atoms with Gasteiger partial charge in [0.1, 0.15) is 30.8 Å². The third kappa shape index (κ3) is 26.9. The van der Waals surface area contributed by atoms with Gasteiger partial charge in [0.05, 0.1) is 59.5 Å². The number of rotatable bonds is 34. The largest absolute Gasteiger partial charge is 0.481 e. The molecule has 0 bridgehead atoms. The van der Waals surface area contributed by atoms with Gasteiger partial charge in [0.2, 0.25) is 29.5 Å². The molecule has 0 spiro atoms. The zero-order valence-corrected chi connectivity index (χ0v) is 37.6. The van der Waals surface area contributed by atoms with Gasteiger partial charge in [0.25, 0.3) is 0 Å². The third-order valence-corrected chi connectivity index (χ3v) is 9.66. The van der Waals surface area contributed by atoms with Crippen molar-refractivity contribution in [2.75, 3.05) is 77.9 Å². The van der Waals surface area contributed by atoms with Crippen LogP contribution < -0.4 is 37.6 Å². The van der Waals surface area contributed by atoms with E-state index in [2.05, 4.69) is 43.7 Å². The Morgan fingerprint density at radius 2 is 1.37 bits per heavy atom. The summed E-state index contributed by atoms with van der Waals surface area (Å²) >= 11 is 0. The van der Waals surface area contributed by atoms with Crippen molar-refractivity contribution in [3.63, 3.8) is 0 Å². The molecule has 0 aliphatic heterocycles. The zero-order valence-electron chi connectivity index (χ0n) is 37.6. The van der Waals surface area contributed by atoms with E-state index in [1.807, 2.05) is 0 Å². The molecule has 0 saturated carbocycles. The minimum absolute atomic E-state index is 0.0139. The predicted molar refractivity (Wildman–Crippen MR) is 237 cm³/mol. The van der Waals surface area contributed by atoms with Crippen molar-refractivity contribution in [2.45, 2.75) is 109 Å². The lowest BCUT2D eigenvalue weighted by Gasteiger charge is -2.27. The number of aliphatic carboxylic acids is 1. The van der Waals surface area contributed by atoms with Gasteiger partial charge in [-0.3, -0.25) is 28.8 Å². The number of benzene rings is 1. The van der Waals surface area contributed by atoms with Crippen molar-refractivity contribution in [2.24, 2.45) is 11.7 Å². The molecule has 0 fully saturated rings. The van der Waals surface area contributed by atoms with Crippen LogP contribution >= 0.6 is 0 Å². The average molecular weight is 920 g/mol. The molecule has 0 radical (unpaired) electrons. The molecule has 65 heavy (non-hydrogen) atoms. The highest BCUT2D eigenvalue weighted by Gasteiger charge is 2.32. The van der Waals surface area contributed by atoms with Gasteiger partial charge in [0, 0.05) is 38.0 Å². The SMILES string of the molecule is CC(C)[C@H](NC(=O)[C@@H](CCC(=O)O)NC(=O)CCOCCOCCOCCOCCNC(=O)COC1C#CCCCCC1)C(=O)N[C@@H](CCCNC(N)=O)C(=O)Nc1ccc(CO)cc1. The van der Waals surface area contributed by atoms with E-state index in [9.17, 15) is 43.8 Å². The number of ether oxygens (including phenoxy) is 5. The molecular formula is C44H69N7O14. The second-order valence-corrected chi connectivity index (χ2v) is 15.4. The Bertz CT molecular complexity index is 1670. The molecule has 364 valence electrons. The van der Waals surface area contributed by atoms with Gasteiger partial charge in [-0.15, -0.1) is 5.92 Å². The second-order valence-electron chi connectivity index (χ2n) is 15.4. The highest BCUT2D eigenvalue weighted by Crippen LogP contribution is 2.13. The number of nitrogens with two attached hydrogens (primary N) is 1. The Morgan fingerprint density at radius 3 is 2.00 bits per heavy atom. The summed E-state index contributed by atoms with van der Waals surface area (Å²) in [6, 6.07) is 2.05. The normalized spacial score (nSPS) is 14.9. The maximum atomic E-state index is 13.6. The summed E-state index contributed by atoms with van der Waals surface area (Å²) in [5.74, 6) is 1.57. The van der Waals surface area contributed by atoms with Gasteiger partial charge < -0.3 is 71.5 Å². The van der Waals surface area contributed by atoms with Gasteiger partial charge in [-0.2, -0.15) is 0 Å². The molecule has 10 N–H and O–H groups in total. The Morgan fingerprint density at radius 1 is 0.723 bits per heavy atom. The lowest BCUT2D eigenvalue weighted by Crippen LogP contribution is -2.58. The first kappa shape index (κ1) is 55.8. The van der Waals surface area contributed by atoms with E-state index < -0.39 is 66.1 Å². The monoisotopic (exact) mass is 919 g/mol. The third-order valence-electron chi connectivity index (χ3n) is 9.66. The number of amides is 7. The van der Waals surface area contributed by atoms with Gasteiger partial charge in [0.15, 0.2) is 0 Å². The molecular weight excluding hydrogens is 851 g/mol. The van der Waals surface area contributed by atoms with Crippen molar-refractivity contribution in [3.05, 3.63) is 29.8 Å². The lowest BCUT2D eigenvalue weighted by molar-refractivity contribution is -0.138. The van der Waals surface area contributed by atoms with Crippen molar-refractivity contribution < 1.29 is 67.5 Å². The lowest BCUT2D eigenvalue weighted by atomic mass is 10.0. The van der Waals surface area contributed by atoms with E-state index in [-0.39, 0.29) is 77.3 Å². The van der Waals surface area contributed by atoms with Crippen LogP contribution in [0.5, 0.6) is 0 Å². The van der Waals surface area contributed by atoms with E-state index in [1.165, 1.54) is 0 Å². The number of anilines is 1. The summed E-state index contributed by atoms with van der Waals surface area (Å²) in [6.07, 6.45) is 4.27. The van der Waals surface area contributed by atoms with E-state index in [0.29, 0.717) is 50.8 Å². The van der Waals surface area contributed by atoms with Crippen LogP contribution in [0.25, 0.3) is 0 Å². The average Bonchev–Trinajstić information content (AvgIpc) is 3.25. The molecule has 1 unspecified atom stereocenters. The standard InChI is InChI=1S/C44H69N7O14/c1-31(2)40(43(59)50-35(11-8-19-47-44(45)60)41(57)48-33-14-12-32(29-52)13-15-33)51-42(58)36(16-17-39(55)56)49-37(53)18-21-61-23-25-63-27-28-64-26-24-62-22-20-46-38(54)30-65-34-9-6-4-3-5-7-10-34/h12-15,31,34-36,40,52H,3-6,8-9,11,16-30H2,1-2H3,(H,46,54)(H,48,57)(H,49,53)(H,50,59)(H,51,58)(H,55,56)(H3,45,47,60)/t34?,35-,36+,40-/m0/s1. The van der Waals surface area contributed by atoms with Crippen LogP contribution in [0.1, 0.15) is 83.6 Å². The van der Waals surface area contributed by atoms with Gasteiger partial charge in [-0.25, -0.2) is 4.79 Å². The van der Waals surface area contributed by atoms with Gasteiger partial charge in [-0.1, -0.05) is 38.3 Å². The van der Waals surface area contributed by atoms with Crippen LogP contribution in [0.4, 0.5) is 10.5 Å². The van der Waals surface area contributed by atoms with E-state index >= 15 is 0 Å². The fourth-order valence-corrected chi connectivity index (χ4v) is 6.08. The number of carbonyl (C=O) groups is 7. The molecule has 2 rings (SSSR count). The number of carboxylic acids is 1. The molecule has 0 heterocycles. The van der Waals surface area contributed by atoms with Crippen LogP contribution in [-0.4, -0.2) is 149 Å². The summed E-state index contributed by atoms with van der Waals surface area (Å²) in [4.78, 5) is 87.7. The number of primary amides is 1. The Kier molecular flexibility index (Phi) is 29.2. The van der Waals surface area contributed by atoms with Crippen molar-refractivity contribution in [3.8, 4) is 11.8 Å². The number of carbonyl (C=O) groups excluding carboxylic acids is 6. The molecule has 1 aromatic rings. The Labute approximate surface area is 380 Å². The minimum atomic E-state index is -1.30. The molecule has 1 aliphatic rings. The van der Waals surface area contributed by atoms with Crippen LogP contribution in [0, 0.1) is 17.8 Å². The fraction of sp³-hybridized carbons (Fsp3) is 0.659. The van der Waals surface area contributed by atoms with Crippen molar-refractivity contribution >= 4 is 47.2 Å². The number of aliphatic hydroxyl groups excluding tert-OH is 1. The number of nitrogens with one attached hydrogen (secondary N) is 6. The molecule has 7 amide bonds. The number of urea groups is 1. The molecule has 0 saturated heterocycles. The van der Waals surface area contributed by atoms with E-state index in [1.54, 1.807) is 38.1 Å². The van der Waals surface area contributed by atoms with Crippen LogP contribution in [-0.2, 0) is 59.1 Å². The summed E-state index contributed by atoms with van der Waals surface area (Å²) in [6.45, 7) is 5.58. The van der Waals surface area contributed by atoms with Gasteiger partial charge in [-0.05, 0) is 62.1 Å². The molecule has 0 aromatic heterocycles. The van der Waals surface area contributed by atoms with Crippen LogP contribution in [0.3, 0.4) is 0 Å². The summed E-state index contributed by atoms with van der Waals surface area (Å²) < 4.78 is 27.5. The fourth-order valence-electron chi connectivity index (χ4n) is 6.08. The molecule has 1 aromatic carbocycles. The summed E-state index contributed by atoms with van der Waals surface area (Å²) in [7, 11) is 0. The van der Waals surface area contributed by atoms with Crippen LogP contribution in [0.2, 0.25) is 0 Å². The highest BCUT2D eigenvalue weighted by atomic mass is 16.6. The summed E-state index contributed by atoms with van der Waals surface area (Å²) in [5, 5.41) is 34.3. The summed E-state index contributed by atoms with van der Waals surface area (Å²) in [5.41, 5.74) is 6.17. The van der Waals surface area contributed by atoms with Crippen molar-refractivity contribution in [1.82, 2.24) is 26.6 Å². The number of aliphatic hydroxyl groups is 1. The van der Waals surface area contributed by atoms with Gasteiger partial charge >= 0.3 is 12.0 Å². The molecule has 1 aliphatic carbocycles. The van der Waals surface area contributed by atoms with Crippen molar-refractivity contribution in [1.29, 1.82) is 0 Å². The number of carboxylic acid groups (broad SMARTS) is 1.